The van der Waals surface area contributed by atoms with Gasteiger partial charge >= 0.3 is 7.60 Å². The lowest BCUT2D eigenvalue weighted by Crippen LogP contribution is -2.19. The van der Waals surface area contributed by atoms with Gasteiger partial charge in [0.2, 0.25) is 11.9 Å². The summed E-state index contributed by atoms with van der Waals surface area (Å²) in [6, 6.07) is 0. The predicted octanol–water partition coefficient (Wildman–Crippen LogP) is 1.04. The molecular weight excluding hydrogens is 335 g/mol. The highest BCUT2D eigenvalue weighted by Crippen LogP contribution is 2.34. The van der Waals surface area contributed by atoms with Gasteiger partial charge < -0.3 is 26.0 Å². The molecular formula is C13H23N6O4P. The van der Waals surface area contributed by atoms with Crippen molar-refractivity contribution in [2.45, 2.75) is 45.8 Å². The number of anilines is 2. The molecule has 24 heavy (non-hydrogen) atoms. The Hall–Kier alpha value is -1.74. The maximum Gasteiger partial charge on any atom is 0.350 e. The van der Waals surface area contributed by atoms with E-state index in [2.05, 4.69) is 15.0 Å². The van der Waals surface area contributed by atoms with Crippen LogP contribution in [-0.4, -0.2) is 41.8 Å². The van der Waals surface area contributed by atoms with Crippen molar-refractivity contribution in [1.82, 2.24) is 19.5 Å². The average molecular weight is 358 g/mol. The summed E-state index contributed by atoms with van der Waals surface area (Å²) in [7, 11) is -4.23. The lowest BCUT2D eigenvalue weighted by Gasteiger charge is -2.15. The molecule has 0 aliphatic rings. The third-order valence-corrected chi connectivity index (χ3v) is 4.20. The Labute approximate surface area is 139 Å². The summed E-state index contributed by atoms with van der Waals surface area (Å²) in [6.45, 7) is 5.97. The monoisotopic (exact) mass is 358 g/mol. The zero-order chi connectivity index (χ0) is 18.1. The van der Waals surface area contributed by atoms with E-state index in [9.17, 15) is 4.57 Å². The minimum absolute atomic E-state index is 0.128. The van der Waals surface area contributed by atoms with Crippen LogP contribution in [0, 0.1) is 0 Å². The molecule has 2 atom stereocenters. The van der Waals surface area contributed by atoms with Crippen molar-refractivity contribution in [3.05, 3.63) is 5.69 Å². The fourth-order valence-corrected chi connectivity index (χ4v) is 2.76. The third-order valence-electron chi connectivity index (χ3n) is 3.71. The number of hydrogen-bond donors (Lipinski definition) is 4. The molecule has 0 aromatic carbocycles. The van der Waals surface area contributed by atoms with Crippen molar-refractivity contribution in [2.75, 3.05) is 17.8 Å². The normalized spacial score (nSPS) is 14.9. The van der Waals surface area contributed by atoms with Gasteiger partial charge in [0, 0.05) is 5.92 Å². The van der Waals surface area contributed by atoms with Gasteiger partial charge in [-0.15, -0.1) is 0 Å². The second kappa shape index (κ2) is 7.02. The fourth-order valence-electron chi connectivity index (χ4n) is 2.31. The Morgan fingerprint density at radius 1 is 1.25 bits per heavy atom. The van der Waals surface area contributed by atoms with E-state index in [1.165, 1.54) is 0 Å². The lowest BCUT2D eigenvalue weighted by molar-refractivity contribution is 0.0768. The van der Waals surface area contributed by atoms with Crippen molar-refractivity contribution in [2.24, 2.45) is 0 Å². The van der Waals surface area contributed by atoms with E-state index in [1.807, 2.05) is 13.8 Å². The number of imidazole rings is 1. The van der Waals surface area contributed by atoms with E-state index in [4.69, 9.17) is 26.0 Å². The van der Waals surface area contributed by atoms with E-state index in [-0.39, 0.29) is 24.4 Å². The molecule has 0 radical (unpaired) electrons. The van der Waals surface area contributed by atoms with Gasteiger partial charge in [0.1, 0.15) is 11.9 Å². The highest BCUT2D eigenvalue weighted by molar-refractivity contribution is 7.51. The van der Waals surface area contributed by atoms with Crippen molar-refractivity contribution < 1.29 is 19.1 Å². The van der Waals surface area contributed by atoms with Crippen LogP contribution in [0.3, 0.4) is 0 Å². The molecule has 2 aromatic heterocycles. The maximum absolute atomic E-state index is 10.9. The Morgan fingerprint density at radius 3 is 2.50 bits per heavy atom. The third kappa shape index (κ3) is 4.21. The molecule has 0 aliphatic heterocycles. The van der Waals surface area contributed by atoms with Crippen LogP contribution >= 0.6 is 7.60 Å². The first kappa shape index (κ1) is 18.6. The summed E-state index contributed by atoms with van der Waals surface area (Å²) in [6.07, 6.45) is -0.295. The van der Waals surface area contributed by atoms with E-state index in [0.717, 1.165) is 12.1 Å². The second-order valence-electron chi connectivity index (χ2n) is 5.80. The van der Waals surface area contributed by atoms with Gasteiger partial charge in [-0.1, -0.05) is 13.8 Å². The highest BCUT2D eigenvalue weighted by atomic mass is 31.2. The SMILES string of the molecule is CCC(C)c1nc(N)nc2c1nc(N)n2CC(C)OCP(=O)(O)O. The summed E-state index contributed by atoms with van der Waals surface area (Å²) in [5, 5.41) is 0. The summed E-state index contributed by atoms with van der Waals surface area (Å²) < 4.78 is 17.7. The van der Waals surface area contributed by atoms with Gasteiger partial charge in [-0.05, 0) is 13.3 Å². The van der Waals surface area contributed by atoms with Crippen molar-refractivity contribution in [1.29, 1.82) is 0 Å². The van der Waals surface area contributed by atoms with E-state index in [1.54, 1.807) is 11.5 Å². The van der Waals surface area contributed by atoms with Crippen LogP contribution < -0.4 is 11.5 Å². The molecule has 6 N–H and O–H groups in total. The van der Waals surface area contributed by atoms with Crippen LogP contribution in [0.25, 0.3) is 11.2 Å². The number of ether oxygens (including phenoxy) is 1. The van der Waals surface area contributed by atoms with Crippen LogP contribution in [0.5, 0.6) is 0 Å². The van der Waals surface area contributed by atoms with E-state index < -0.39 is 20.0 Å². The number of nitrogens with zero attached hydrogens (tertiary/aromatic N) is 4. The molecule has 0 bridgehead atoms. The van der Waals surface area contributed by atoms with Crippen molar-refractivity contribution >= 4 is 30.7 Å². The van der Waals surface area contributed by atoms with Gasteiger partial charge in [0.15, 0.2) is 5.65 Å². The van der Waals surface area contributed by atoms with Gasteiger partial charge in [-0.25, -0.2) is 9.97 Å². The molecule has 0 amide bonds. The van der Waals surface area contributed by atoms with Crippen molar-refractivity contribution in [3.63, 3.8) is 0 Å². The number of aromatic nitrogens is 4. The highest BCUT2D eigenvalue weighted by Gasteiger charge is 2.21. The first-order valence-corrected chi connectivity index (χ1v) is 9.37. The van der Waals surface area contributed by atoms with Crippen LogP contribution in [-0.2, 0) is 15.8 Å². The molecule has 2 aromatic rings. The van der Waals surface area contributed by atoms with E-state index in [0.29, 0.717) is 11.2 Å². The van der Waals surface area contributed by atoms with Crippen LogP contribution in [0.1, 0.15) is 38.8 Å². The number of rotatable bonds is 7. The molecule has 11 heteroatoms. The van der Waals surface area contributed by atoms with Gasteiger partial charge in [-0.2, -0.15) is 4.98 Å². The van der Waals surface area contributed by atoms with Gasteiger partial charge in [-0.3, -0.25) is 9.13 Å². The first-order chi connectivity index (χ1) is 11.1. The molecule has 0 saturated carbocycles. The minimum atomic E-state index is -4.23. The zero-order valence-corrected chi connectivity index (χ0v) is 14.8. The molecule has 0 saturated heterocycles. The fraction of sp³-hybridized carbons (Fsp3) is 0.615. The smallest absolute Gasteiger partial charge is 0.350 e. The largest absolute Gasteiger partial charge is 0.369 e. The lowest BCUT2D eigenvalue weighted by atomic mass is 10.0. The molecule has 0 spiro atoms. The standard InChI is InChI=1S/C13H23N6O4P/c1-4-7(2)9-10-11(18-12(14)16-9)19(13(15)17-10)5-8(3)23-6-24(20,21)22/h7-8H,4-6H2,1-3H3,(H2,15,17)(H2,14,16,18)(H2,20,21,22). The first-order valence-electron chi connectivity index (χ1n) is 7.57. The Kier molecular flexibility index (Phi) is 5.44. The minimum Gasteiger partial charge on any atom is -0.369 e. The summed E-state index contributed by atoms with van der Waals surface area (Å²) in [5.41, 5.74) is 13.6. The topological polar surface area (TPSA) is 162 Å². The zero-order valence-electron chi connectivity index (χ0n) is 13.9. The Morgan fingerprint density at radius 2 is 1.92 bits per heavy atom. The summed E-state index contributed by atoms with van der Waals surface area (Å²) >= 11 is 0. The van der Waals surface area contributed by atoms with Gasteiger partial charge in [0.25, 0.3) is 0 Å². The average Bonchev–Trinajstić information content (AvgIpc) is 2.79. The summed E-state index contributed by atoms with van der Waals surface area (Å²) in [5.74, 6) is 0.493. The van der Waals surface area contributed by atoms with Crippen LogP contribution in [0.15, 0.2) is 0 Å². The number of fused-ring (bicyclic) bond motifs is 1. The molecule has 0 fully saturated rings. The molecule has 2 unspecified atom stereocenters. The molecule has 2 heterocycles. The van der Waals surface area contributed by atoms with Gasteiger partial charge in [0.05, 0.1) is 18.3 Å². The Bertz CT molecular complexity index is 773. The number of nitrogens with two attached hydrogens (primary N) is 2. The van der Waals surface area contributed by atoms with Crippen molar-refractivity contribution in [3.8, 4) is 0 Å². The molecule has 2 rings (SSSR count). The predicted molar refractivity (Wildman–Crippen MR) is 90.3 cm³/mol. The van der Waals surface area contributed by atoms with Crippen LogP contribution in [0.4, 0.5) is 11.9 Å². The Balaban J connectivity index is 2.35. The number of hydrogen-bond acceptors (Lipinski definition) is 7. The number of nitrogen functional groups attached to an aromatic ring is 2. The quantitative estimate of drug-likeness (QED) is 0.530. The molecule has 134 valence electrons. The molecule has 0 aliphatic carbocycles. The summed E-state index contributed by atoms with van der Waals surface area (Å²) in [4.78, 5) is 30.6. The second-order valence-corrected chi connectivity index (χ2v) is 7.39. The maximum atomic E-state index is 10.9. The molecule has 10 nitrogen and oxygen atoms in total. The van der Waals surface area contributed by atoms with Crippen LogP contribution in [0.2, 0.25) is 0 Å². The van der Waals surface area contributed by atoms with E-state index >= 15 is 0 Å².